The van der Waals surface area contributed by atoms with Crippen LogP contribution in [0.5, 0.6) is 0 Å². The average Bonchev–Trinajstić information content (AvgIpc) is 2.77. The summed E-state index contributed by atoms with van der Waals surface area (Å²) in [5, 5.41) is 11.0. The second kappa shape index (κ2) is 3.84. The molecule has 1 atom stereocenters. The predicted molar refractivity (Wildman–Crippen MR) is 62.2 cm³/mol. The van der Waals surface area contributed by atoms with Crippen LogP contribution in [-0.4, -0.2) is 21.7 Å². The van der Waals surface area contributed by atoms with Crippen molar-refractivity contribution in [3.8, 4) is 0 Å². The van der Waals surface area contributed by atoms with Crippen LogP contribution in [0.1, 0.15) is 63.1 Å². The Kier molecular flexibility index (Phi) is 2.46. The molecule has 1 saturated heterocycles. The summed E-state index contributed by atoms with van der Waals surface area (Å²) in [4.78, 5) is 4.70. The van der Waals surface area contributed by atoms with Crippen molar-refractivity contribution in [2.75, 3.05) is 6.54 Å². The zero-order valence-corrected chi connectivity index (χ0v) is 9.92. The van der Waals surface area contributed by atoms with Crippen LogP contribution in [0.4, 0.5) is 0 Å². The van der Waals surface area contributed by atoms with E-state index in [9.17, 15) is 0 Å². The van der Waals surface area contributed by atoms with E-state index in [0.717, 1.165) is 18.2 Å². The number of aromatic nitrogens is 3. The number of nitrogens with zero attached hydrogens (tertiary/aromatic N) is 2. The van der Waals surface area contributed by atoms with Crippen molar-refractivity contribution in [3.05, 3.63) is 11.6 Å². The first-order chi connectivity index (χ1) is 7.78. The molecule has 4 nitrogen and oxygen atoms in total. The topological polar surface area (TPSA) is 53.6 Å². The fourth-order valence-corrected chi connectivity index (χ4v) is 2.72. The molecule has 2 N–H and O–H groups in total. The van der Waals surface area contributed by atoms with Crippen LogP contribution in [0, 0.1) is 0 Å². The van der Waals surface area contributed by atoms with Gasteiger partial charge in [-0.1, -0.05) is 19.8 Å². The summed E-state index contributed by atoms with van der Waals surface area (Å²) < 4.78 is 0. The first-order valence-electron chi connectivity index (χ1n) is 6.44. The maximum atomic E-state index is 4.70. The number of rotatable bonds is 2. The highest BCUT2D eigenvalue weighted by Gasteiger charge is 2.37. The fourth-order valence-electron chi connectivity index (χ4n) is 2.72. The first-order valence-corrected chi connectivity index (χ1v) is 6.44. The van der Waals surface area contributed by atoms with E-state index >= 15 is 0 Å². The molecule has 1 saturated carbocycles. The molecular formula is C12H20N4. The van der Waals surface area contributed by atoms with Crippen LogP contribution in [0.25, 0.3) is 0 Å². The van der Waals surface area contributed by atoms with E-state index in [1.807, 2.05) is 0 Å². The smallest absolute Gasteiger partial charge is 0.156 e. The third-order valence-corrected chi connectivity index (χ3v) is 4.14. The van der Waals surface area contributed by atoms with Gasteiger partial charge in [-0.3, -0.25) is 5.10 Å². The zero-order chi connectivity index (χ0) is 11.0. The van der Waals surface area contributed by atoms with Crippen LogP contribution >= 0.6 is 0 Å². The van der Waals surface area contributed by atoms with Crippen molar-refractivity contribution < 1.29 is 0 Å². The summed E-state index contributed by atoms with van der Waals surface area (Å²) >= 11 is 0. The molecule has 2 fully saturated rings. The summed E-state index contributed by atoms with van der Waals surface area (Å²) in [5.41, 5.74) is 0.253. The van der Waals surface area contributed by atoms with Gasteiger partial charge < -0.3 is 5.32 Å². The fraction of sp³-hybridized carbons (Fsp3) is 0.833. The summed E-state index contributed by atoms with van der Waals surface area (Å²) in [5.74, 6) is 2.07. The lowest BCUT2D eigenvalue weighted by molar-refractivity contribution is 0.256. The van der Waals surface area contributed by atoms with Crippen LogP contribution in [0.2, 0.25) is 0 Å². The van der Waals surface area contributed by atoms with Gasteiger partial charge in [-0.15, -0.1) is 0 Å². The van der Waals surface area contributed by atoms with Crippen molar-refractivity contribution in [1.82, 2.24) is 20.5 Å². The lowest BCUT2D eigenvalue weighted by Crippen LogP contribution is -2.32. The van der Waals surface area contributed by atoms with Crippen molar-refractivity contribution in [1.29, 1.82) is 0 Å². The average molecular weight is 220 g/mol. The van der Waals surface area contributed by atoms with E-state index in [4.69, 9.17) is 4.98 Å². The van der Waals surface area contributed by atoms with Gasteiger partial charge in [0.2, 0.25) is 0 Å². The molecule has 0 bridgehead atoms. The van der Waals surface area contributed by atoms with E-state index in [2.05, 4.69) is 22.4 Å². The van der Waals surface area contributed by atoms with Gasteiger partial charge in [0.25, 0.3) is 0 Å². The number of hydrogen-bond acceptors (Lipinski definition) is 3. The van der Waals surface area contributed by atoms with E-state index < -0.39 is 0 Å². The molecule has 16 heavy (non-hydrogen) atoms. The molecule has 1 aliphatic carbocycles. The second-order valence-corrected chi connectivity index (χ2v) is 5.46. The highest BCUT2D eigenvalue weighted by atomic mass is 15.2. The minimum Gasteiger partial charge on any atom is -0.307 e. The van der Waals surface area contributed by atoms with Crippen LogP contribution < -0.4 is 5.32 Å². The molecule has 0 radical (unpaired) electrons. The SMILES string of the molecule is CC1(c2n[nH]c(C3CCCCN3)n2)CCC1. The van der Waals surface area contributed by atoms with Crippen LogP contribution in [-0.2, 0) is 5.41 Å². The molecule has 1 aliphatic heterocycles. The number of aromatic amines is 1. The standard InChI is InChI=1S/C12H20N4/c1-12(6-4-7-12)11-14-10(15-16-11)9-5-2-3-8-13-9/h9,13H,2-8H2,1H3,(H,14,15,16). The second-order valence-electron chi connectivity index (χ2n) is 5.46. The number of H-pyrrole nitrogens is 1. The molecule has 0 spiro atoms. The van der Waals surface area contributed by atoms with E-state index in [1.54, 1.807) is 0 Å². The Bertz CT molecular complexity index is 361. The molecule has 1 aromatic rings. The van der Waals surface area contributed by atoms with Crippen LogP contribution in [0.15, 0.2) is 0 Å². The molecule has 0 aromatic carbocycles. The van der Waals surface area contributed by atoms with Gasteiger partial charge in [0.05, 0.1) is 6.04 Å². The Morgan fingerprint density at radius 1 is 1.25 bits per heavy atom. The third-order valence-electron chi connectivity index (χ3n) is 4.14. The van der Waals surface area contributed by atoms with Gasteiger partial charge in [-0.2, -0.15) is 5.10 Å². The summed E-state index contributed by atoms with van der Waals surface area (Å²) in [6, 6.07) is 0.402. The van der Waals surface area contributed by atoms with Crippen molar-refractivity contribution in [2.24, 2.45) is 0 Å². The van der Waals surface area contributed by atoms with Crippen LogP contribution in [0.3, 0.4) is 0 Å². The monoisotopic (exact) mass is 220 g/mol. The molecule has 1 unspecified atom stereocenters. The normalized spacial score (nSPS) is 28.7. The van der Waals surface area contributed by atoms with Crippen molar-refractivity contribution >= 4 is 0 Å². The number of hydrogen-bond donors (Lipinski definition) is 2. The molecule has 2 aliphatic rings. The summed E-state index contributed by atoms with van der Waals surface area (Å²) in [6.45, 7) is 3.38. The quantitative estimate of drug-likeness (QED) is 0.802. The Morgan fingerprint density at radius 3 is 2.75 bits per heavy atom. The molecular weight excluding hydrogens is 200 g/mol. The molecule has 88 valence electrons. The van der Waals surface area contributed by atoms with E-state index in [0.29, 0.717) is 6.04 Å². The third kappa shape index (κ3) is 1.65. The van der Waals surface area contributed by atoms with E-state index in [1.165, 1.54) is 38.5 Å². The van der Waals surface area contributed by atoms with Gasteiger partial charge in [-0.05, 0) is 32.2 Å². The van der Waals surface area contributed by atoms with Gasteiger partial charge in [0.1, 0.15) is 5.82 Å². The predicted octanol–water partition coefficient (Wildman–Crippen LogP) is 2.06. The lowest BCUT2D eigenvalue weighted by Gasteiger charge is -2.35. The summed E-state index contributed by atoms with van der Waals surface area (Å²) in [7, 11) is 0. The Hall–Kier alpha value is -0.900. The van der Waals surface area contributed by atoms with Gasteiger partial charge >= 0.3 is 0 Å². The largest absolute Gasteiger partial charge is 0.307 e. The minimum atomic E-state index is 0.253. The molecule has 3 rings (SSSR count). The minimum absolute atomic E-state index is 0.253. The number of piperidine rings is 1. The highest BCUT2D eigenvalue weighted by molar-refractivity contribution is 5.12. The van der Waals surface area contributed by atoms with Crippen molar-refractivity contribution in [2.45, 2.75) is 56.9 Å². The summed E-state index contributed by atoms with van der Waals surface area (Å²) in [6.07, 6.45) is 7.57. The maximum absolute atomic E-state index is 4.70. The molecule has 0 amide bonds. The Balaban J connectivity index is 1.76. The maximum Gasteiger partial charge on any atom is 0.156 e. The molecule has 2 heterocycles. The molecule has 1 aromatic heterocycles. The number of nitrogens with one attached hydrogen (secondary N) is 2. The van der Waals surface area contributed by atoms with E-state index in [-0.39, 0.29) is 5.41 Å². The lowest BCUT2D eigenvalue weighted by atomic mass is 9.70. The Morgan fingerprint density at radius 2 is 2.12 bits per heavy atom. The van der Waals surface area contributed by atoms with Gasteiger partial charge in [0, 0.05) is 5.41 Å². The zero-order valence-electron chi connectivity index (χ0n) is 9.92. The van der Waals surface area contributed by atoms with Gasteiger partial charge in [-0.25, -0.2) is 4.98 Å². The van der Waals surface area contributed by atoms with Gasteiger partial charge in [0.15, 0.2) is 5.82 Å². The highest BCUT2D eigenvalue weighted by Crippen LogP contribution is 2.41. The Labute approximate surface area is 96.2 Å². The molecule has 4 heteroatoms. The first kappa shape index (κ1) is 10.3. The van der Waals surface area contributed by atoms with Crippen molar-refractivity contribution in [3.63, 3.8) is 0 Å².